The van der Waals surface area contributed by atoms with Crippen molar-refractivity contribution in [3.63, 3.8) is 0 Å². The highest BCUT2D eigenvalue weighted by Gasteiger charge is 2.22. The molecule has 0 radical (unpaired) electrons. The van der Waals surface area contributed by atoms with Crippen LogP contribution in [0.25, 0.3) is 10.1 Å². The van der Waals surface area contributed by atoms with Gasteiger partial charge >= 0.3 is 0 Å². The van der Waals surface area contributed by atoms with Crippen LogP contribution in [0.3, 0.4) is 0 Å². The average Bonchev–Trinajstić information content (AvgIpc) is 2.88. The van der Waals surface area contributed by atoms with E-state index in [0.717, 1.165) is 28.7 Å². The number of nitrogens with one attached hydrogen (secondary N) is 2. The van der Waals surface area contributed by atoms with Gasteiger partial charge in [0.15, 0.2) is 0 Å². The van der Waals surface area contributed by atoms with Gasteiger partial charge in [-0.1, -0.05) is 0 Å². The number of fused-ring (bicyclic) bond motifs is 1. The Hall–Kier alpha value is -1.59. The topological polar surface area (TPSA) is 44.4 Å². The van der Waals surface area contributed by atoms with Crippen LogP contribution in [0.15, 0.2) is 23.6 Å². The molecule has 1 saturated heterocycles. The lowest BCUT2D eigenvalue weighted by atomic mass is 10.1. The minimum Gasteiger partial charge on any atom is -0.368 e. The smallest absolute Gasteiger partial charge is 0.252 e. The first-order chi connectivity index (χ1) is 10.1. The molecule has 112 valence electrons. The number of thiophene rings is 1. The van der Waals surface area contributed by atoms with Gasteiger partial charge in [0.25, 0.3) is 5.91 Å². The first-order valence-corrected chi connectivity index (χ1v) is 8.20. The van der Waals surface area contributed by atoms with Crippen LogP contribution in [0.1, 0.15) is 24.2 Å². The maximum Gasteiger partial charge on any atom is 0.252 e. The van der Waals surface area contributed by atoms with Crippen molar-refractivity contribution in [3.05, 3.63) is 29.1 Å². The average molecular weight is 303 g/mol. The minimum absolute atomic E-state index is 0.0135. The fraction of sp³-hybridized carbons (Fsp3) is 0.438. The second kappa shape index (κ2) is 5.66. The molecule has 1 fully saturated rings. The minimum atomic E-state index is -0.0135. The van der Waals surface area contributed by atoms with Crippen molar-refractivity contribution >= 4 is 33.0 Å². The lowest BCUT2D eigenvalue weighted by Gasteiger charge is -2.37. The molecule has 1 aliphatic heterocycles. The molecular formula is C16H21N3OS. The standard InChI is InChI=1S/C16H21N3OS/c1-10-7-19(8-11(2)18-10)12-4-5-15-13(6-12)14(9-21-15)16(20)17-3/h4-6,9-11,18H,7-8H2,1-3H3,(H,17,20)/t10-,11+. The molecule has 0 spiro atoms. The van der Waals surface area contributed by atoms with Crippen molar-refractivity contribution < 1.29 is 4.79 Å². The summed E-state index contributed by atoms with van der Waals surface area (Å²) in [5.41, 5.74) is 1.97. The van der Waals surface area contributed by atoms with Crippen LogP contribution in [-0.2, 0) is 0 Å². The zero-order chi connectivity index (χ0) is 15.0. The molecule has 5 heteroatoms. The number of hydrogen-bond acceptors (Lipinski definition) is 4. The number of amides is 1. The Morgan fingerprint density at radius 3 is 2.71 bits per heavy atom. The third-order valence-electron chi connectivity index (χ3n) is 3.95. The molecule has 0 unspecified atom stereocenters. The number of hydrogen-bond donors (Lipinski definition) is 2. The summed E-state index contributed by atoms with van der Waals surface area (Å²) in [6.45, 7) is 6.41. The molecule has 1 aromatic heterocycles. The van der Waals surface area contributed by atoms with Crippen LogP contribution in [0.5, 0.6) is 0 Å². The summed E-state index contributed by atoms with van der Waals surface area (Å²) in [4.78, 5) is 14.4. The highest BCUT2D eigenvalue weighted by Crippen LogP contribution is 2.30. The Bertz CT molecular complexity index is 657. The molecule has 0 aliphatic carbocycles. The van der Waals surface area contributed by atoms with Gasteiger partial charge in [0, 0.05) is 53.4 Å². The number of rotatable bonds is 2. The van der Waals surface area contributed by atoms with Crippen LogP contribution in [0.2, 0.25) is 0 Å². The monoisotopic (exact) mass is 303 g/mol. The van der Waals surface area contributed by atoms with Gasteiger partial charge in [0.2, 0.25) is 0 Å². The maximum atomic E-state index is 12.0. The number of piperazine rings is 1. The molecule has 0 saturated carbocycles. The van der Waals surface area contributed by atoms with Gasteiger partial charge in [-0.15, -0.1) is 11.3 Å². The molecule has 2 atom stereocenters. The molecule has 2 aromatic rings. The second-order valence-electron chi connectivity index (χ2n) is 5.78. The Morgan fingerprint density at radius 2 is 2.05 bits per heavy atom. The molecule has 3 rings (SSSR count). The lowest BCUT2D eigenvalue weighted by molar-refractivity contribution is 0.0965. The van der Waals surface area contributed by atoms with E-state index in [1.54, 1.807) is 18.4 Å². The van der Waals surface area contributed by atoms with E-state index in [1.807, 2.05) is 5.38 Å². The van der Waals surface area contributed by atoms with Gasteiger partial charge in [-0.3, -0.25) is 4.79 Å². The largest absolute Gasteiger partial charge is 0.368 e. The van der Waals surface area contributed by atoms with Crippen LogP contribution in [0.4, 0.5) is 5.69 Å². The fourth-order valence-corrected chi connectivity index (χ4v) is 3.98. The van der Waals surface area contributed by atoms with E-state index in [0.29, 0.717) is 12.1 Å². The number of carbonyl (C=O) groups excluding carboxylic acids is 1. The summed E-state index contributed by atoms with van der Waals surface area (Å²) in [5.74, 6) is -0.0135. The van der Waals surface area contributed by atoms with Crippen molar-refractivity contribution in [3.8, 4) is 0 Å². The van der Waals surface area contributed by atoms with Crippen molar-refractivity contribution in [1.82, 2.24) is 10.6 Å². The first-order valence-electron chi connectivity index (χ1n) is 7.33. The Labute approximate surface area is 129 Å². The summed E-state index contributed by atoms with van der Waals surface area (Å²) in [6, 6.07) is 7.40. The van der Waals surface area contributed by atoms with Crippen molar-refractivity contribution in [1.29, 1.82) is 0 Å². The van der Waals surface area contributed by atoms with Crippen LogP contribution in [-0.4, -0.2) is 38.1 Å². The summed E-state index contributed by atoms with van der Waals surface area (Å²) in [5, 5.41) is 9.26. The molecule has 1 aromatic carbocycles. The zero-order valence-corrected chi connectivity index (χ0v) is 13.5. The summed E-state index contributed by atoms with van der Waals surface area (Å²) < 4.78 is 1.16. The van der Waals surface area contributed by atoms with Crippen LogP contribution in [0, 0.1) is 0 Å². The molecule has 2 N–H and O–H groups in total. The maximum absolute atomic E-state index is 12.0. The van der Waals surface area contributed by atoms with E-state index in [9.17, 15) is 4.79 Å². The fourth-order valence-electron chi connectivity index (χ4n) is 3.06. The third-order valence-corrected chi connectivity index (χ3v) is 4.91. The third kappa shape index (κ3) is 2.76. The summed E-state index contributed by atoms with van der Waals surface area (Å²) in [7, 11) is 1.68. The van der Waals surface area contributed by atoms with E-state index in [-0.39, 0.29) is 5.91 Å². The molecule has 21 heavy (non-hydrogen) atoms. The van der Waals surface area contributed by atoms with Crippen LogP contribution < -0.4 is 15.5 Å². The number of nitrogens with zero attached hydrogens (tertiary/aromatic N) is 1. The van der Waals surface area contributed by atoms with Gasteiger partial charge in [0.1, 0.15) is 0 Å². The van der Waals surface area contributed by atoms with E-state index in [2.05, 4.69) is 47.6 Å². The zero-order valence-electron chi connectivity index (χ0n) is 12.6. The Balaban J connectivity index is 1.98. The SMILES string of the molecule is CNC(=O)c1csc2ccc(N3C[C@@H](C)N[C@@H](C)C3)cc12. The Morgan fingerprint density at radius 1 is 1.33 bits per heavy atom. The van der Waals surface area contributed by atoms with Crippen LogP contribution >= 0.6 is 11.3 Å². The van der Waals surface area contributed by atoms with Gasteiger partial charge in [-0.25, -0.2) is 0 Å². The van der Waals surface area contributed by atoms with Crippen molar-refractivity contribution in [2.75, 3.05) is 25.0 Å². The first kappa shape index (κ1) is 14.4. The van der Waals surface area contributed by atoms with Gasteiger partial charge in [-0.2, -0.15) is 0 Å². The summed E-state index contributed by atoms with van der Waals surface area (Å²) in [6.07, 6.45) is 0. The molecule has 1 amide bonds. The predicted molar refractivity (Wildman–Crippen MR) is 89.5 cm³/mol. The van der Waals surface area contributed by atoms with E-state index in [4.69, 9.17) is 0 Å². The van der Waals surface area contributed by atoms with E-state index in [1.165, 1.54) is 5.69 Å². The molecule has 0 bridgehead atoms. The number of anilines is 1. The van der Waals surface area contributed by atoms with Gasteiger partial charge in [0.05, 0.1) is 5.56 Å². The normalized spacial score (nSPS) is 22.5. The molecule has 1 aliphatic rings. The predicted octanol–water partition coefficient (Wildman–Crippen LogP) is 2.45. The highest BCUT2D eigenvalue weighted by molar-refractivity contribution is 7.17. The summed E-state index contributed by atoms with van der Waals surface area (Å²) >= 11 is 1.62. The van der Waals surface area contributed by atoms with Gasteiger partial charge in [-0.05, 0) is 32.0 Å². The molecular weight excluding hydrogens is 282 g/mol. The van der Waals surface area contributed by atoms with Crippen molar-refractivity contribution in [2.45, 2.75) is 25.9 Å². The highest BCUT2D eigenvalue weighted by atomic mass is 32.1. The lowest BCUT2D eigenvalue weighted by Crippen LogP contribution is -2.54. The number of carbonyl (C=O) groups is 1. The second-order valence-corrected chi connectivity index (χ2v) is 6.69. The van der Waals surface area contributed by atoms with E-state index < -0.39 is 0 Å². The van der Waals surface area contributed by atoms with Gasteiger partial charge < -0.3 is 15.5 Å². The Kier molecular flexibility index (Phi) is 3.87. The quantitative estimate of drug-likeness (QED) is 0.896. The van der Waals surface area contributed by atoms with Crippen molar-refractivity contribution in [2.24, 2.45) is 0 Å². The molecule has 4 nitrogen and oxygen atoms in total. The van der Waals surface area contributed by atoms with E-state index >= 15 is 0 Å². The number of benzene rings is 1. The molecule has 2 heterocycles.